The minimum absolute atomic E-state index is 0.000937. The Morgan fingerprint density at radius 2 is 1.65 bits per heavy atom. The van der Waals surface area contributed by atoms with E-state index in [-0.39, 0.29) is 6.29 Å². The molecule has 10 nitrogen and oxygen atoms in total. The summed E-state index contributed by atoms with van der Waals surface area (Å²) in [5.41, 5.74) is 0. The lowest BCUT2D eigenvalue weighted by atomic mass is 9.97. The fourth-order valence-corrected chi connectivity index (χ4v) is 2.19. The standard InChI is InChI=1S/C13H24O10/c1-2-7-10(19)11(20)12(21)13(23-7)22-4-6(16)9(18)8(17)5(15)3-14/h3,5-13,15-21H,2,4H2,1H3/t5-,6+,7+,8+,9+,10-,11-,12+,13+/m0/s1. The van der Waals surface area contributed by atoms with E-state index in [4.69, 9.17) is 14.6 Å². The number of aldehydes is 1. The van der Waals surface area contributed by atoms with Crippen LogP contribution in [0.2, 0.25) is 0 Å². The van der Waals surface area contributed by atoms with Gasteiger partial charge in [-0.1, -0.05) is 6.92 Å². The maximum Gasteiger partial charge on any atom is 0.186 e. The van der Waals surface area contributed by atoms with Crippen molar-refractivity contribution in [3.05, 3.63) is 0 Å². The monoisotopic (exact) mass is 340 g/mol. The largest absolute Gasteiger partial charge is 0.388 e. The summed E-state index contributed by atoms with van der Waals surface area (Å²) in [6.45, 7) is 1.07. The second-order valence-electron chi connectivity index (χ2n) is 5.43. The molecule has 1 aliphatic rings. The Kier molecular flexibility index (Phi) is 7.94. The van der Waals surface area contributed by atoms with Gasteiger partial charge in [0, 0.05) is 0 Å². The molecule has 1 fully saturated rings. The van der Waals surface area contributed by atoms with Gasteiger partial charge < -0.3 is 50.0 Å². The summed E-state index contributed by atoms with van der Waals surface area (Å²) >= 11 is 0. The average molecular weight is 340 g/mol. The maximum atomic E-state index is 10.3. The first-order valence-electron chi connectivity index (χ1n) is 7.23. The molecule has 0 saturated carbocycles. The molecular weight excluding hydrogens is 316 g/mol. The van der Waals surface area contributed by atoms with Gasteiger partial charge in [0.2, 0.25) is 0 Å². The summed E-state index contributed by atoms with van der Waals surface area (Å²) in [6, 6.07) is 0. The van der Waals surface area contributed by atoms with Crippen LogP contribution in [0.25, 0.3) is 0 Å². The SMILES string of the molecule is CC[C@H]1O[C@@H](OC[C@@H](O)[C@@H](O)[C@H](O)[C@@H](O)C=O)[C@H](O)[C@@H](O)[C@H]1O. The van der Waals surface area contributed by atoms with E-state index in [1.807, 2.05) is 0 Å². The summed E-state index contributed by atoms with van der Waals surface area (Å²) in [5.74, 6) is 0. The fourth-order valence-electron chi connectivity index (χ4n) is 2.19. The van der Waals surface area contributed by atoms with Crippen molar-refractivity contribution in [3.63, 3.8) is 0 Å². The highest BCUT2D eigenvalue weighted by molar-refractivity contribution is 5.56. The smallest absolute Gasteiger partial charge is 0.186 e. The molecule has 10 heteroatoms. The van der Waals surface area contributed by atoms with Gasteiger partial charge in [0.25, 0.3) is 0 Å². The second kappa shape index (κ2) is 8.97. The molecule has 23 heavy (non-hydrogen) atoms. The summed E-state index contributed by atoms with van der Waals surface area (Å²) < 4.78 is 10.3. The van der Waals surface area contributed by atoms with Crippen molar-refractivity contribution in [1.82, 2.24) is 0 Å². The molecular formula is C13H24O10. The minimum Gasteiger partial charge on any atom is -0.388 e. The number of carbonyl (C=O) groups is 1. The van der Waals surface area contributed by atoms with Crippen molar-refractivity contribution in [2.45, 2.75) is 68.5 Å². The molecule has 0 aromatic carbocycles. The van der Waals surface area contributed by atoms with Crippen molar-refractivity contribution in [2.75, 3.05) is 6.61 Å². The van der Waals surface area contributed by atoms with Gasteiger partial charge in [-0.25, -0.2) is 0 Å². The van der Waals surface area contributed by atoms with Gasteiger partial charge in [0.15, 0.2) is 12.6 Å². The van der Waals surface area contributed by atoms with Crippen LogP contribution in [0.4, 0.5) is 0 Å². The normalized spacial score (nSPS) is 37.0. The number of hydrogen-bond donors (Lipinski definition) is 7. The van der Waals surface area contributed by atoms with Gasteiger partial charge in [-0.05, 0) is 6.42 Å². The van der Waals surface area contributed by atoms with E-state index in [1.165, 1.54) is 0 Å². The zero-order valence-corrected chi connectivity index (χ0v) is 12.5. The van der Waals surface area contributed by atoms with Crippen molar-refractivity contribution in [3.8, 4) is 0 Å². The highest BCUT2D eigenvalue weighted by Crippen LogP contribution is 2.24. The van der Waals surface area contributed by atoms with Gasteiger partial charge >= 0.3 is 0 Å². The molecule has 1 aliphatic heterocycles. The van der Waals surface area contributed by atoms with Crippen molar-refractivity contribution >= 4 is 6.29 Å². The number of aliphatic hydroxyl groups is 7. The molecule has 1 saturated heterocycles. The topological polar surface area (TPSA) is 177 Å². The lowest BCUT2D eigenvalue weighted by Gasteiger charge is -2.40. The van der Waals surface area contributed by atoms with E-state index in [1.54, 1.807) is 6.92 Å². The first-order valence-corrected chi connectivity index (χ1v) is 7.23. The van der Waals surface area contributed by atoms with Gasteiger partial charge in [0.1, 0.15) is 42.7 Å². The van der Waals surface area contributed by atoms with Crippen LogP contribution in [-0.4, -0.2) is 104 Å². The molecule has 0 spiro atoms. The molecule has 9 atom stereocenters. The zero-order chi connectivity index (χ0) is 17.7. The Morgan fingerprint density at radius 1 is 1.04 bits per heavy atom. The van der Waals surface area contributed by atoms with Gasteiger partial charge in [0.05, 0.1) is 12.7 Å². The van der Waals surface area contributed by atoms with E-state index in [0.717, 1.165) is 0 Å². The molecule has 7 N–H and O–H groups in total. The summed E-state index contributed by atoms with van der Waals surface area (Å²) in [5, 5.41) is 66.9. The predicted molar refractivity (Wildman–Crippen MR) is 73.0 cm³/mol. The Labute approximate surface area is 132 Å². The number of ether oxygens (including phenoxy) is 2. The highest BCUT2D eigenvalue weighted by atomic mass is 16.7. The number of aliphatic hydroxyl groups excluding tert-OH is 7. The second-order valence-corrected chi connectivity index (χ2v) is 5.43. The van der Waals surface area contributed by atoms with Crippen molar-refractivity contribution in [1.29, 1.82) is 0 Å². The third kappa shape index (κ3) is 4.89. The summed E-state index contributed by atoms with van der Waals surface area (Å²) in [7, 11) is 0. The average Bonchev–Trinajstić information content (AvgIpc) is 2.56. The van der Waals surface area contributed by atoms with Gasteiger partial charge in [-0.2, -0.15) is 0 Å². The fraction of sp³-hybridized carbons (Fsp3) is 0.923. The molecule has 0 amide bonds. The van der Waals surface area contributed by atoms with Crippen LogP contribution in [0.1, 0.15) is 13.3 Å². The van der Waals surface area contributed by atoms with Gasteiger partial charge in [-0.15, -0.1) is 0 Å². The Morgan fingerprint density at radius 3 is 2.17 bits per heavy atom. The third-order valence-electron chi connectivity index (χ3n) is 3.74. The van der Waals surface area contributed by atoms with E-state index < -0.39 is 61.7 Å². The van der Waals surface area contributed by atoms with Crippen LogP contribution in [0.15, 0.2) is 0 Å². The summed E-state index contributed by atoms with van der Waals surface area (Å²) in [4.78, 5) is 10.3. The van der Waals surface area contributed by atoms with Crippen LogP contribution >= 0.6 is 0 Å². The lowest BCUT2D eigenvalue weighted by molar-refractivity contribution is -0.302. The molecule has 1 rings (SSSR count). The van der Waals surface area contributed by atoms with Crippen LogP contribution in [-0.2, 0) is 14.3 Å². The molecule has 0 radical (unpaired) electrons. The maximum absolute atomic E-state index is 10.3. The molecule has 1 heterocycles. The van der Waals surface area contributed by atoms with Gasteiger partial charge in [-0.3, -0.25) is 0 Å². The lowest BCUT2D eigenvalue weighted by Crippen LogP contribution is -2.58. The molecule has 0 aromatic rings. The quantitative estimate of drug-likeness (QED) is 0.215. The van der Waals surface area contributed by atoms with E-state index in [2.05, 4.69) is 0 Å². The predicted octanol–water partition coefficient (Wildman–Crippen LogP) is -4.14. The minimum atomic E-state index is -1.92. The number of hydrogen-bond acceptors (Lipinski definition) is 10. The first kappa shape index (κ1) is 20.4. The number of rotatable bonds is 8. The molecule has 0 unspecified atom stereocenters. The molecule has 0 aromatic heterocycles. The first-order chi connectivity index (χ1) is 10.7. The van der Waals surface area contributed by atoms with Crippen LogP contribution < -0.4 is 0 Å². The van der Waals surface area contributed by atoms with Crippen LogP contribution in [0, 0.1) is 0 Å². The zero-order valence-electron chi connectivity index (χ0n) is 12.5. The Balaban J connectivity index is 2.57. The summed E-state index contributed by atoms with van der Waals surface area (Å²) in [6.07, 6.45) is -13.6. The molecule has 136 valence electrons. The van der Waals surface area contributed by atoms with E-state index in [9.17, 15) is 35.4 Å². The van der Waals surface area contributed by atoms with E-state index >= 15 is 0 Å². The third-order valence-corrected chi connectivity index (χ3v) is 3.74. The Bertz CT molecular complexity index is 365. The highest BCUT2D eigenvalue weighted by Gasteiger charge is 2.44. The Hall–Kier alpha value is -0.690. The van der Waals surface area contributed by atoms with Crippen LogP contribution in [0.5, 0.6) is 0 Å². The van der Waals surface area contributed by atoms with Crippen LogP contribution in [0.3, 0.4) is 0 Å². The van der Waals surface area contributed by atoms with E-state index in [0.29, 0.717) is 6.42 Å². The van der Waals surface area contributed by atoms with Crippen molar-refractivity contribution < 1.29 is 50.0 Å². The molecule has 0 aliphatic carbocycles. The molecule has 0 bridgehead atoms. The number of carbonyl (C=O) groups excluding carboxylic acids is 1. The van der Waals surface area contributed by atoms with Crippen molar-refractivity contribution in [2.24, 2.45) is 0 Å².